The van der Waals surface area contributed by atoms with Crippen LogP contribution in [0.5, 0.6) is 5.75 Å². The summed E-state index contributed by atoms with van der Waals surface area (Å²) in [5.74, 6) is 1.41. The summed E-state index contributed by atoms with van der Waals surface area (Å²) < 4.78 is 34.3. The highest BCUT2D eigenvalue weighted by molar-refractivity contribution is 7.89. The van der Waals surface area contributed by atoms with E-state index in [-0.39, 0.29) is 23.5 Å². The van der Waals surface area contributed by atoms with Crippen LogP contribution in [0.2, 0.25) is 0 Å². The maximum Gasteiger partial charge on any atom is 0.258 e. The number of fused-ring (bicyclic) bond motifs is 3. The second-order valence-corrected chi connectivity index (χ2v) is 9.12. The van der Waals surface area contributed by atoms with Crippen LogP contribution >= 0.6 is 0 Å². The van der Waals surface area contributed by atoms with Crippen LogP contribution in [0.25, 0.3) is 11.0 Å². The lowest BCUT2D eigenvalue weighted by Crippen LogP contribution is -2.31. The molecule has 8 heteroatoms. The third kappa shape index (κ3) is 4.34. The number of ether oxygens (including phenoxy) is 1. The number of benzene rings is 2. The van der Waals surface area contributed by atoms with Crippen LogP contribution in [0.3, 0.4) is 0 Å². The molecule has 2 aromatic carbocycles. The summed E-state index contributed by atoms with van der Waals surface area (Å²) in [6, 6.07) is 11.4. The largest absolute Gasteiger partial charge is 0.484 e. The molecule has 30 heavy (non-hydrogen) atoms. The van der Waals surface area contributed by atoms with Gasteiger partial charge in [0.25, 0.3) is 5.91 Å². The minimum Gasteiger partial charge on any atom is -0.484 e. The lowest BCUT2D eigenvalue weighted by molar-refractivity contribution is -0.123. The van der Waals surface area contributed by atoms with E-state index >= 15 is 0 Å². The average Bonchev–Trinajstić information content (AvgIpc) is 3.09. The molecule has 7 nitrogen and oxygen atoms in total. The van der Waals surface area contributed by atoms with Gasteiger partial charge in [-0.15, -0.1) is 0 Å². The van der Waals surface area contributed by atoms with Gasteiger partial charge in [-0.1, -0.05) is 12.1 Å². The van der Waals surface area contributed by atoms with Crippen molar-refractivity contribution in [3.8, 4) is 5.75 Å². The molecule has 1 aromatic heterocycles. The number of nitrogens with one attached hydrogen (secondary N) is 1. The molecule has 1 amide bonds. The number of aryl methyl sites for hydroxylation is 2. The zero-order valence-electron chi connectivity index (χ0n) is 16.7. The molecular formula is C22H24N2O5S. The van der Waals surface area contributed by atoms with E-state index in [0.29, 0.717) is 5.75 Å². The van der Waals surface area contributed by atoms with Gasteiger partial charge in [-0.2, -0.15) is 0 Å². The summed E-state index contributed by atoms with van der Waals surface area (Å²) in [4.78, 5) is 12.3. The van der Waals surface area contributed by atoms with Gasteiger partial charge in [-0.05, 0) is 62.1 Å². The molecule has 1 aliphatic carbocycles. The standard InChI is InChI=1S/C22H24N2O5S/c1-14(15-6-9-17(10-7-15)30(23,26)27)24-22(25)13-28-16-8-11-21-19(12-16)18-4-2-3-5-20(18)29-21/h6-12,14H,2-5,13H2,1H3,(H,24,25)(H2,23,26,27). The van der Waals surface area contributed by atoms with Crippen LogP contribution in [0.4, 0.5) is 0 Å². The normalized spacial score (nSPS) is 14.9. The number of furan rings is 1. The van der Waals surface area contributed by atoms with Crippen molar-refractivity contribution in [2.24, 2.45) is 5.14 Å². The second kappa shape index (κ2) is 8.12. The van der Waals surface area contributed by atoms with Crippen LogP contribution in [0.15, 0.2) is 51.8 Å². The topological polar surface area (TPSA) is 112 Å². The van der Waals surface area contributed by atoms with Gasteiger partial charge in [-0.3, -0.25) is 4.79 Å². The predicted molar refractivity (Wildman–Crippen MR) is 113 cm³/mol. The summed E-state index contributed by atoms with van der Waals surface area (Å²) in [5, 5.41) is 9.01. The Kier molecular flexibility index (Phi) is 5.53. The number of hydrogen-bond acceptors (Lipinski definition) is 5. The minimum atomic E-state index is -3.74. The Hall–Kier alpha value is -2.84. The summed E-state index contributed by atoms with van der Waals surface area (Å²) in [6.45, 7) is 1.69. The van der Waals surface area contributed by atoms with Gasteiger partial charge in [0.15, 0.2) is 6.61 Å². The van der Waals surface area contributed by atoms with E-state index in [2.05, 4.69) is 5.32 Å². The van der Waals surface area contributed by atoms with Gasteiger partial charge in [0, 0.05) is 17.4 Å². The smallest absolute Gasteiger partial charge is 0.258 e. The van der Waals surface area contributed by atoms with Crippen LogP contribution in [-0.4, -0.2) is 20.9 Å². The SMILES string of the molecule is CC(NC(=O)COc1ccc2oc3c(c2c1)CCCC3)c1ccc(S(N)(=O)=O)cc1. The van der Waals surface area contributed by atoms with Crippen molar-refractivity contribution in [1.82, 2.24) is 5.32 Å². The van der Waals surface area contributed by atoms with Crippen molar-refractivity contribution < 1.29 is 22.4 Å². The number of amides is 1. The molecule has 1 unspecified atom stereocenters. The number of carbonyl (C=O) groups is 1. The van der Waals surface area contributed by atoms with Crippen LogP contribution in [-0.2, 0) is 27.7 Å². The number of rotatable bonds is 6. The molecule has 158 valence electrons. The molecule has 0 radical (unpaired) electrons. The molecule has 0 spiro atoms. The predicted octanol–water partition coefficient (Wildman–Crippen LogP) is 3.22. The molecule has 1 heterocycles. The van der Waals surface area contributed by atoms with E-state index in [1.54, 1.807) is 18.2 Å². The molecule has 1 atom stereocenters. The van der Waals surface area contributed by atoms with Crippen molar-refractivity contribution in [2.75, 3.05) is 6.61 Å². The number of hydrogen-bond donors (Lipinski definition) is 2. The zero-order chi connectivity index (χ0) is 21.3. The van der Waals surface area contributed by atoms with E-state index in [0.717, 1.165) is 48.0 Å². The van der Waals surface area contributed by atoms with Crippen molar-refractivity contribution in [3.05, 3.63) is 59.4 Å². The summed E-state index contributed by atoms with van der Waals surface area (Å²) >= 11 is 0. The molecule has 4 rings (SSSR count). The van der Waals surface area contributed by atoms with Gasteiger partial charge >= 0.3 is 0 Å². The Bertz CT molecular complexity index is 1180. The van der Waals surface area contributed by atoms with E-state index in [1.165, 1.54) is 17.7 Å². The Morgan fingerprint density at radius 1 is 1.17 bits per heavy atom. The molecule has 0 saturated heterocycles. The van der Waals surface area contributed by atoms with E-state index in [9.17, 15) is 13.2 Å². The second-order valence-electron chi connectivity index (χ2n) is 7.56. The first-order valence-corrected chi connectivity index (χ1v) is 11.4. The fraction of sp³-hybridized carbons (Fsp3) is 0.318. The third-order valence-electron chi connectivity index (χ3n) is 5.38. The lowest BCUT2D eigenvalue weighted by atomic mass is 9.96. The van der Waals surface area contributed by atoms with Crippen molar-refractivity contribution >= 4 is 26.9 Å². The number of carbonyl (C=O) groups excluding carboxylic acids is 1. The number of sulfonamides is 1. The first-order valence-electron chi connectivity index (χ1n) is 9.90. The monoisotopic (exact) mass is 428 g/mol. The average molecular weight is 429 g/mol. The zero-order valence-corrected chi connectivity index (χ0v) is 17.5. The minimum absolute atomic E-state index is 0.0323. The highest BCUT2D eigenvalue weighted by Crippen LogP contribution is 2.33. The van der Waals surface area contributed by atoms with E-state index in [1.807, 2.05) is 19.1 Å². The van der Waals surface area contributed by atoms with Crippen molar-refractivity contribution in [3.63, 3.8) is 0 Å². The Morgan fingerprint density at radius 2 is 1.90 bits per heavy atom. The van der Waals surface area contributed by atoms with Crippen molar-refractivity contribution in [1.29, 1.82) is 0 Å². The number of primary sulfonamides is 1. The first-order chi connectivity index (χ1) is 14.3. The third-order valence-corrected chi connectivity index (χ3v) is 6.31. The van der Waals surface area contributed by atoms with Crippen LogP contribution in [0.1, 0.15) is 42.7 Å². The summed E-state index contributed by atoms with van der Waals surface area (Å²) in [6.07, 6.45) is 4.29. The highest BCUT2D eigenvalue weighted by Gasteiger charge is 2.18. The van der Waals surface area contributed by atoms with E-state index in [4.69, 9.17) is 14.3 Å². The van der Waals surface area contributed by atoms with Gasteiger partial charge in [-0.25, -0.2) is 13.6 Å². The Labute approximate surface area is 175 Å². The maximum atomic E-state index is 12.3. The molecule has 0 saturated carbocycles. The Morgan fingerprint density at radius 3 is 2.63 bits per heavy atom. The van der Waals surface area contributed by atoms with Gasteiger partial charge in [0.2, 0.25) is 10.0 Å². The Balaban J connectivity index is 1.37. The van der Waals surface area contributed by atoms with Gasteiger partial charge in [0.05, 0.1) is 10.9 Å². The summed E-state index contributed by atoms with van der Waals surface area (Å²) in [5.41, 5.74) is 2.88. The van der Waals surface area contributed by atoms with Crippen molar-refractivity contribution in [2.45, 2.75) is 43.5 Å². The fourth-order valence-electron chi connectivity index (χ4n) is 3.79. The first kappa shape index (κ1) is 20.4. The fourth-order valence-corrected chi connectivity index (χ4v) is 4.31. The maximum absolute atomic E-state index is 12.3. The van der Waals surface area contributed by atoms with Crippen LogP contribution in [0, 0.1) is 0 Å². The quantitative estimate of drug-likeness (QED) is 0.626. The molecule has 0 aliphatic heterocycles. The summed E-state index contributed by atoms with van der Waals surface area (Å²) in [7, 11) is -3.74. The molecule has 0 fully saturated rings. The van der Waals surface area contributed by atoms with Gasteiger partial charge in [0.1, 0.15) is 17.1 Å². The molecule has 0 bridgehead atoms. The molecule has 3 N–H and O–H groups in total. The highest BCUT2D eigenvalue weighted by atomic mass is 32.2. The van der Waals surface area contributed by atoms with Gasteiger partial charge < -0.3 is 14.5 Å². The molecular weight excluding hydrogens is 404 g/mol. The van der Waals surface area contributed by atoms with E-state index < -0.39 is 10.0 Å². The molecule has 3 aromatic rings. The lowest BCUT2D eigenvalue weighted by Gasteiger charge is -2.15. The molecule has 1 aliphatic rings. The van der Waals surface area contributed by atoms with Crippen LogP contribution < -0.4 is 15.2 Å². The number of nitrogens with two attached hydrogens (primary N) is 1.